The Hall–Kier alpha value is -6.23. The number of aliphatic imine (C=N–C) groups is 2. The molecule has 0 aliphatic rings. The van der Waals surface area contributed by atoms with Gasteiger partial charge in [0, 0.05) is 31.3 Å². The van der Waals surface area contributed by atoms with Gasteiger partial charge in [-0.3, -0.25) is 5.41 Å². The Morgan fingerprint density at radius 1 is 0.519 bits per heavy atom. The first-order valence-electron chi connectivity index (χ1n) is 17.6. The topological polar surface area (TPSA) is 48.6 Å². The van der Waals surface area contributed by atoms with E-state index in [4.69, 9.17) is 5.41 Å². The van der Waals surface area contributed by atoms with Crippen molar-refractivity contribution in [3.63, 3.8) is 0 Å². The van der Waals surface area contributed by atoms with Crippen LogP contribution >= 0.6 is 11.3 Å². The molecule has 1 heterocycles. The Morgan fingerprint density at radius 3 is 1.81 bits per heavy atom. The van der Waals surface area contributed by atoms with Crippen LogP contribution in [0.5, 0.6) is 0 Å². The molecular weight excluding hydrogens is 651 g/mol. The van der Waals surface area contributed by atoms with Crippen molar-refractivity contribution in [1.82, 2.24) is 0 Å². The summed E-state index contributed by atoms with van der Waals surface area (Å²) in [5.74, 6) is 0.587. The summed E-state index contributed by atoms with van der Waals surface area (Å²) < 4.78 is 2.60. The predicted molar refractivity (Wildman–Crippen MR) is 229 cm³/mol. The molecule has 0 radical (unpaired) electrons. The smallest absolute Gasteiger partial charge is 0.161 e. The molecule has 52 heavy (non-hydrogen) atoms. The fraction of sp³-hybridized carbons (Fsp3) is 0.0625. The number of hydrogen-bond acceptors (Lipinski definition) is 2. The number of benzene rings is 8. The van der Waals surface area contributed by atoms with E-state index in [2.05, 4.69) is 133 Å². The minimum absolute atomic E-state index is 0.156. The van der Waals surface area contributed by atoms with Gasteiger partial charge in [-0.1, -0.05) is 159 Å². The molecule has 4 heteroatoms. The van der Waals surface area contributed by atoms with Crippen molar-refractivity contribution in [2.75, 3.05) is 0 Å². The zero-order valence-electron chi connectivity index (χ0n) is 29.6. The molecule has 0 aliphatic carbocycles. The van der Waals surface area contributed by atoms with E-state index < -0.39 is 0 Å². The molecule has 9 rings (SSSR count). The minimum Gasteiger partial charge on any atom is -0.282 e. The molecule has 0 spiro atoms. The molecule has 0 fully saturated rings. The van der Waals surface area contributed by atoms with Gasteiger partial charge in [-0.05, 0) is 81.4 Å². The molecule has 0 amide bonds. The number of aryl methyl sites for hydroxylation is 1. The molecule has 0 saturated carbocycles. The van der Waals surface area contributed by atoms with E-state index in [1.165, 1.54) is 63.8 Å². The monoisotopic (exact) mass is 689 g/mol. The molecular formula is C48H39N3S. The van der Waals surface area contributed by atoms with Crippen LogP contribution in [-0.4, -0.2) is 18.4 Å². The Bertz CT molecular complexity index is 2740. The van der Waals surface area contributed by atoms with Crippen LogP contribution in [0.4, 0.5) is 0 Å². The number of fused-ring (bicyclic) bond motifs is 9. The van der Waals surface area contributed by atoms with Gasteiger partial charge in [0.1, 0.15) is 0 Å². The Kier molecular flexibility index (Phi) is 10.1. The van der Waals surface area contributed by atoms with Gasteiger partial charge >= 0.3 is 0 Å². The van der Waals surface area contributed by atoms with Crippen molar-refractivity contribution in [2.45, 2.75) is 20.8 Å². The van der Waals surface area contributed by atoms with Crippen LogP contribution in [0, 0.1) is 12.3 Å². The van der Waals surface area contributed by atoms with E-state index in [1.54, 1.807) is 0 Å². The summed E-state index contributed by atoms with van der Waals surface area (Å²) in [5, 5.41) is 18.3. The van der Waals surface area contributed by atoms with Crippen LogP contribution < -0.4 is 0 Å². The molecule has 9 aromatic rings. The van der Waals surface area contributed by atoms with Gasteiger partial charge in [0.15, 0.2) is 11.7 Å². The molecule has 252 valence electrons. The quantitative estimate of drug-likeness (QED) is 0.109. The van der Waals surface area contributed by atoms with Gasteiger partial charge in [0.25, 0.3) is 0 Å². The summed E-state index contributed by atoms with van der Waals surface area (Å²) in [6.07, 6.45) is 0. The molecule has 1 aromatic heterocycles. The van der Waals surface area contributed by atoms with Crippen LogP contribution in [0.2, 0.25) is 0 Å². The molecule has 1 N–H and O–H groups in total. The van der Waals surface area contributed by atoms with Crippen LogP contribution in [0.3, 0.4) is 0 Å². The number of nitrogens with zero attached hydrogens (tertiary/aromatic N) is 2. The summed E-state index contributed by atoms with van der Waals surface area (Å²) in [6, 6.07) is 56.8. The molecule has 0 saturated heterocycles. The normalized spacial score (nSPS) is 11.2. The molecule has 8 aromatic carbocycles. The number of nitrogens with one attached hydrogen (secondary N) is 1. The van der Waals surface area contributed by atoms with Gasteiger partial charge in [0.05, 0.1) is 0 Å². The fourth-order valence-electron chi connectivity index (χ4n) is 6.77. The van der Waals surface area contributed by atoms with E-state index in [-0.39, 0.29) is 5.84 Å². The first-order valence-corrected chi connectivity index (χ1v) is 18.4. The van der Waals surface area contributed by atoms with E-state index >= 15 is 0 Å². The Labute approximate surface area is 308 Å². The summed E-state index contributed by atoms with van der Waals surface area (Å²) in [7, 11) is 0. The van der Waals surface area contributed by atoms with Crippen LogP contribution in [0.15, 0.2) is 174 Å². The minimum atomic E-state index is 0.156. The van der Waals surface area contributed by atoms with Gasteiger partial charge in [-0.15, -0.1) is 11.3 Å². The van der Waals surface area contributed by atoms with Crippen molar-refractivity contribution in [1.29, 1.82) is 5.41 Å². The van der Waals surface area contributed by atoms with Gasteiger partial charge in [0.2, 0.25) is 0 Å². The third-order valence-corrected chi connectivity index (χ3v) is 10.3. The molecule has 0 aliphatic heterocycles. The fourth-order valence-corrected chi connectivity index (χ4v) is 7.86. The van der Waals surface area contributed by atoms with Crippen molar-refractivity contribution >= 4 is 82.2 Å². The van der Waals surface area contributed by atoms with E-state index in [0.29, 0.717) is 5.84 Å². The van der Waals surface area contributed by atoms with Gasteiger partial charge in [-0.25, -0.2) is 9.98 Å². The van der Waals surface area contributed by atoms with Crippen molar-refractivity contribution in [2.24, 2.45) is 9.98 Å². The molecule has 0 unspecified atom stereocenters. The Balaban J connectivity index is 0.000000416. The average Bonchev–Trinajstić information content (AvgIpc) is 3.59. The zero-order valence-corrected chi connectivity index (χ0v) is 30.4. The maximum absolute atomic E-state index is 8.60. The number of amidine groups is 2. The highest BCUT2D eigenvalue weighted by atomic mass is 32.1. The largest absolute Gasteiger partial charge is 0.282 e. The van der Waals surface area contributed by atoms with Gasteiger partial charge in [-0.2, -0.15) is 0 Å². The van der Waals surface area contributed by atoms with Crippen molar-refractivity contribution < 1.29 is 0 Å². The maximum atomic E-state index is 8.60. The molecule has 0 bridgehead atoms. The van der Waals surface area contributed by atoms with Gasteiger partial charge < -0.3 is 0 Å². The summed E-state index contributed by atoms with van der Waals surface area (Å²) >= 11 is 1.84. The summed E-state index contributed by atoms with van der Waals surface area (Å²) in [5.41, 5.74) is 5.26. The van der Waals surface area contributed by atoms with Crippen LogP contribution in [0.25, 0.3) is 63.6 Å². The third kappa shape index (κ3) is 6.64. The number of hydrogen-bond donors (Lipinski definition) is 1. The lowest BCUT2D eigenvalue weighted by Crippen LogP contribution is -2.03. The zero-order chi connectivity index (χ0) is 36.0. The van der Waals surface area contributed by atoms with E-state index in [1.807, 2.05) is 79.8 Å². The highest BCUT2D eigenvalue weighted by Gasteiger charge is 2.16. The maximum Gasteiger partial charge on any atom is 0.161 e. The second-order valence-corrected chi connectivity index (χ2v) is 13.4. The highest BCUT2D eigenvalue weighted by molar-refractivity contribution is 7.25. The lowest BCUT2D eigenvalue weighted by atomic mass is 9.88. The average molecular weight is 690 g/mol. The van der Waals surface area contributed by atoms with Crippen molar-refractivity contribution in [3.8, 4) is 11.1 Å². The van der Waals surface area contributed by atoms with E-state index in [0.717, 1.165) is 16.5 Å². The third-order valence-electron chi connectivity index (χ3n) is 9.16. The molecule has 0 atom stereocenters. The molecule has 3 nitrogen and oxygen atoms in total. The first kappa shape index (κ1) is 34.2. The Morgan fingerprint density at radius 2 is 1.12 bits per heavy atom. The predicted octanol–water partition coefficient (Wildman–Crippen LogP) is 13.7. The standard InChI is InChI=1S/C39H25N3S.C7H8.C2H6/c1-41-39(42-38(40)24-10-3-2-4-11-24)26-18-20-30-28-12-5-6-13-29(28)32-16-9-15-27(37(32)34(30)23-26)25-19-21-36-33(22-25)31-14-7-8-17-35(31)43-36;1-7-5-3-2-4-6-7;1-2/h2-23,40H,1H2;2-6H,1H3;1-2H3. The van der Waals surface area contributed by atoms with Crippen LogP contribution in [-0.2, 0) is 0 Å². The van der Waals surface area contributed by atoms with Crippen molar-refractivity contribution in [3.05, 3.63) is 180 Å². The first-order chi connectivity index (χ1) is 25.6. The number of thiophene rings is 1. The van der Waals surface area contributed by atoms with Crippen LogP contribution in [0.1, 0.15) is 30.5 Å². The lowest BCUT2D eigenvalue weighted by Gasteiger charge is -2.15. The lowest BCUT2D eigenvalue weighted by molar-refractivity contribution is 1.40. The highest BCUT2D eigenvalue weighted by Crippen LogP contribution is 2.42. The SMILES string of the molecule is C=NC(=NC(=N)c1ccccc1)c1ccc2c3ccccc3c3cccc(-c4ccc5sc6ccccc6c5c4)c3c2c1.CC.Cc1ccccc1. The van der Waals surface area contributed by atoms with E-state index in [9.17, 15) is 0 Å². The number of rotatable bonds is 3. The summed E-state index contributed by atoms with van der Waals surface area (Å²) in [6.45, 7) is 9.90. The summed E-state index contributed by atoms with van der Waals surface area (Å²) in [4.78, 5) is 8.87. The second kappa shape index (κ2) is 15.3. The second-order valence-electron chi connectivity index (χ2n) is 12.3.